The summed E-state index contributed by atoms with van der Waals surface area (Å²) in [6.07, 6.45) is 0.709. The molecule has 1 saturated heterocycles. The van der Waals surface area contributed by atoms with Crippen LogP contribution in [-0.2, 0) is 16.4 Å². The fourth-order valence-electron chi connectivity index (χ4n) is 2.38. The average Bonchev–Trinajstić information content (AvgIpc) is 2.58. The molecule has 0 bridgehead atoms. The van der Waals surface area contributed by atoms with Crippen molar-refractivity contribution in [3.63, 3.8) is 0 Å². The van der Waals surface area contributed by atoms with E-state index in [0.29, 0.717) is 12.2 Å². The molecule has 0 unspecified atom stereocenters. The summed E-state index contributed by atoms with van der Waals surface area (Å²) in [5.41, 5.74) is 7.30. The first-order chi connectivity index (χ1) is 8.31. The summed E-state index contributed by atoms with van der Waals surface area (Å²) in [4.78, 5) is 2.13. The summed E-state index contributed by atoms with van der Waals surface area (Å²) in [5.74, 6) is 0.557. The van der Waals surface area contributed by atoms with Crippen LogP contribution in [0, 0.1) is 0 Å². The van der Waals surface area contributed by atoms with E-state index in [-0.39, 0.29) is 11.3 Å². The van der Waals surface area contributed by atoms with Gasteiger partial charge >= 0.3 is 0 Å². The van der Waals surface area contributed by atoms with Gasteiger partial charge in [0.05, 0.1) is 11.5 Å². The number of nitrogens with two attached hydrogens (primary N) is 1. The standard InChI is InChI=1S/C13H20N2O2S/c1-13(7-8-18(16,17)10-13)15(2)9-11-3-5-12(14)6-4-11/h3-6H,7-10,14H2,1-2H3/t13-/m0/s1. The van der Waals surface area contributed by atoms with E-state index in [4.69, 9.17) is 5.73 Å². The molecule has 1 heterocycles. The summed E-state index contributed by atoms with van der Waals surface area (Å²) in [5, 5.41) is 0. The van der Waals surface area contributed by atoms with Crippen molar-refractivity contribution in [2.75, 3.05) is 24.3 Å². The summed E-state index contributed by atoms with van der Waals surface area (Å²) in [6, 6.07) is 7.71. The van der Waals surface area contributed by atoms with Crippen LogP contribution in [0.1, 0.15) is 18.9 Å². The zero-order valence-electron chi connectivity index (χ0n) is 10.9. The maximum absolute atomic E-state index is 11.6. The summed E-state index contributed by atoms with van der Waals surface area (Å²) in [7, 11) is -0.876. The van der Waals surface area contributed by atoms with Crippen LogP contribution in [-0.4, -0.2) is 37.4 Å². The fourth-order valence-corrected chi connectivity index (χ4v) is 4.59. The van der Waals surface area contributed by atoms with E-state index in [9.17, 15) is 8.42 Å². The van der Waals surface area contributed by atoms with Crippen molar-refractivity contribution >= 4 is 15.5 Å². The quantitative estimate of drug-likeness (QED) is 0.839. The Morgan fingerprint density at radius 1 is 1.33 bits per heavy atom. The monoisotopic (exact) mass is 268 g/mol. The highest BCUT2D eigenvalue weighted by Gasteiger charge is 2.41. The van der Waals surface area contributed by atoms with E-state index in [1.165, 1.54) is 0 Å². The molecule has 2 rings (SSSR count). The third-order valence-corrected chi connectivity index (χ3v) is 5.69. The van der Waals surface area contributed by atoms with Crippen molar-refractivity contribution in [3.8, 4) is 0 Å². The minimum absolute atomic E-state index is 0.250. The summed E-state index contributed by atoms with van der Waals surface area (Å²) >= 11 is 0. The molecule has 1 aromatic carbocycles. The first kappa shape index (κ1) is 13.4. The van der Waals surface area contributed by atoms with Gasteiger partial charge in [-0.05, 0) is 38.1 Å². The summed E-state index contributed by atoms with van der Waals surface area (Å²) < 4.78 is 23.2. The fraction of sp³-hybridized carbons (Fsp3) is 0.538. The average molecular weight is 268 g/mol. The van der Waals surface area contributed by atoms with E-state index in [0.717, 1.165) is 17.8 Å². The van der Waals surface area contributed by atoms with Crippen LogP contribution >= 0.6 is 0 Å². The smallest absolute Gasteiger partial charge is 0.152 e. The number of rotatable bonds is 3. The SMILES string of the molecule is CN(Cc1ccc(N)cc1)[C@@]1(C)CCS(=O)(=O)C1. The number of hydrogen-bond acceptors (Lipinski definition) is 4. The van der Waals surface area contributed by atoms with Gasteiger partial charge in [-0.3, -0.25) is 4.90 Å². The van der Waals surface area contributed by atoms with Crippen LogP contribution < -0.4 is 5.73 Å². The molecule has 2 N–H and O–H groups in total. The zero-order chi connectivity index (χ0) is 13.4. The predicted octanol–water partition coefficient (Wildman–Crippen LogP) is 1.28. The molecule has 1 atom stereocenters. The lowest BCUT2D eigenvalue weighted by molar-refractivity contribution is 0.154. The molecule has 0 aromatic heterocycles. The molecule has 1 fully saturated rings. The second-order valence-electron chi connectivity index (χ2n) is 5.44. The Bertz CT molecular complexity index is 524. The Morgan fingerprint density at radius 2 is 1.94 bits per heavy atom. The lowest BCUT2D eigenvalue weighted by Gasteiger charge is -2.34. The van der Waals surface area contributed by atoms with Crippen molar-refractivity contribution in [2.24, 2.45) is 0 Å². The van der Waals surface area contributed by atoms with Crippen LogP contribution in [0.25, 0.3) is 0 Å². The van der Waals surface area contributed by atoms with Crippen LogP contribution in [0.4, 0.5) is 5.69 Å². The van der Waals surface area contributed by atoms with Gasteiger partial charge < -0.3 is 5.73 Å². The minimum Gasteiger partial charge on any atom is -0.399 e. The van der Waals surface area contributed by atoms with E-state index in [2.05, 4.69) is 4.90 Å². The second-order valence-corrected chi connectivity index (χ2v) is 7.62. The predicted molar refractivity (Wildman–Crippen MR) is 74.0 cm³/mol. The van der Waals surface area contributed by atoms with Gasteiger partial charge in [-0.25, -0.2) is 8.42 Å². The molecule has 18 heavy (non-hydrogen) atoms. The topological polar surface area (TPSA) is 63.4 Å². The van der Waals surface area contributed by atoms with Crippen LogP contribution in [0.2, 0.25) is 0 Å². The van der Waals surface area contributed by atoms with Gasteiger partial charge in [0.25, 0.3) is 0 Å². The number of benzene rings is 1. The molecular weight excluding hydrogens is 248 g/mol. The Morgan fingerprint density at radius 3 is 2.44 bits per heavy atom. The van der Waals surface area contributed by atoms with Gasteiger partial charge in [-0.2, -0.15) is 0 Å². The van der Waals surface area contributed by atoms with Crippen LogP contribution in [0.5, 0.6) is 0 Å². The van der Waals surface area contributed by atoms with Crippen molar-refractivity contribution in [2.45, 2.75) is 25.4 Å². The van der Waals surface area contributed by atoms with Gasteiger partial charge in [-0.1, -0.05) is 12.1 Å². The third-order valence-electron chi connectivity index (χ3n) is 3.80. The molecule has 0 saturated carbocycles. The number of nitrogens with zero attached hydrogens (tertiary/aromatic N) is 1. The van der Waals surface area contributed by atoms with Crippen LogP contribution in [0.15, 0.2) is 24.3 Å². The lowest BCUT2D eigenvalue weighted by atomic mass is 9.99. The van der Waals surface area contributed by atoms with E-state index < -0.39 is 9.84 Å². The molecule has 5 heteroatoms. The van der Waals surface area contributed by atoms with Gasteiger partial charge in [-0.15, -0.1) is 0 Å². The van der Waals surface area contributed by atoms with Crippen LogP contribution in [0.3, 0.4) is 0 Å². The highest BCUT2D eigenvalue weighted by atomic mass is 32.2. The number of anilines is 1. The van der Waals surface area contributed by atoms with Crippen molar-refractivity contribution in [1.82, 2.24) is 4.90 Å². The van der Waals surface area contributed by atoms with E-state index >= 15 is 0 Å². The normalized spacial score (nSPS) is 26.6. The highest BCUT2D eigenvalue weighted by molar-refractivity contribution is 7.91. The lowest BCUT2D eigenvalue weighted by Crippen LogP contribution is -2.44. The third kappa shape index (κ3) is 2.84. The zero-order valence-corrected chi connectivity index (χ0v) is 11.7. The van der Waals surface area contributed by atoms with Gasteiger partial charge in [0.15, 0.2) is 9.84 Å². The minimum atomic E-state index is -2.86. The Balaban J connectivity index is 2.08. The molecule has 0 radical (unpaired) electrons. The molecule has 0 aliphatic carbocycles. The molecule has 100 valence electrons. The maximum atomic E-state index is 11.6. The number of hydrogen-bond donors (Lipinski definition) is 1. The Kier molecular flexibility index (Phi) is 3.38. The van der Waals surface area contributed by atoms with Gasteiger partial charge in [0, 0.05) is 17.8 Å². The highest BCUT2D eigenvalue weighted by Crippen LogP contribution is 2.29. The first-order valence-electron chi connectivity index (χ1n) is 6.07. The first-order valence-corrected chi connectivity index (χ1v) is 7.89. The Hall–Kier alpha value is -1.07. The number of nitrogen functional groups attached to an aromatic ring is 1. The van der Waals surface area contributed by atoms with Crippen molar-refractivity contribution < 1.29 is 8.42 Å². The second kappa shape index (κ2) is 4.55. The summed E-state index contributed by atoms with van der Waals surface area (Å²) in [6.45, 7) is 2.77. The molecule has 1 aromatic rings. The van der Waals surface area contributed by atoms with Gasteiger partial charge in [0.1, 0.15) is 0 Å². The van der Waals surface area contributed by atoms with E-state index in [1.54, 1.807) is 0 Å². The van der Waals surface area contributed by atoms with Crippen molar-refractivity contribution in [3.05, 3.63) is 29.8 Å². The maximum Gasteiger partial charge on any atom is 0.152 e. The Labute approximate surface area is 109 Å². The number of sulfone groups is 1. The van der Waals surface area contributed by atoms with Gasteiger partial charge in [0.2, 0.25) is 0 Å². The van der Waals surface area contributed by atoms with Crippen molar-refractivity contribution in [1.29, 1.82) is 0 Å². The molecule has 4 nitrogen and oxygen atoms in total. The van der Waals surface area contributed by atoms with E-state index in [1.807, 2.05) is 38.2 Å². The largest absolute Gasteiger partial charge is 0.399 e. The molecular formula is C13H20N2O2S. The molecule has 1 aliphatic rings. The molecule has 0 spiro atoms. The molecule has 0 amide bonds. The molecule has 1 aliphatic heterocycles.